The summed E-state index contributed by atoms with van der Waals surface area (Å²) in [4.78, 5) is 2.73. The van der Waals surface area contributed by atoms with Gasteiger partial charge in [-0.25, -0.2) is 0 Å². The predicted octanol–water partition coefficient (Wildman–Crippen LogP) is 2.80. The van der Waals surface area contributed by atoms with Gasteiger partial charge in [-0.3, -0.25) is 4.90 Å². The third kappa shape index (κ3) is 4.73. The number of likely N-dealkylation sites (N-methyl/N-ethyl adjacent to an activating group) is 1. The molecule has 2 fully saturated rings. The van der Waals surface area contributed by atoms with Crippen LogP contribution >= 0.6 is 0 Å². The zero-order valence-corrected chi connectivity index (χ0v) is 12.9. The maximum Gasteiger partial charge on any atom is 0.0576 e. The number of hydrogen-bond acceptors (Lipinski definition) is 3. The maximum atomic E-state index is 5.72. The van der Waals surface area contributed by atoms with Crippen molar-refractivity contribution in [2.75, 3.05) is 26.2 Å². The number of nitrogens with one attached hydrogen (secondary N) is 1. The molecular weight excluding hydrogens is 236 g/mol. The highest BCUT2D eigenvalue weighted by molar-refractivity contribution is 4.85. The number of nitrogens with zero attached hydrogens (tertiary/aromatic N) is 1. The number of rotatable bonds is 7. The van der Waals surface area contributed by atoms with Gasteiger partial charge in [0.15, 0.2) is 0 Å². The summed E-state index contributed by atoms with van der Waals surface area (Å²) in [5.74, 6) is 0. The Labute approximate surface area is 119 Å². The fraction of sp³-hybridized carbons (Fsp3) is 1.00. The monoisotopic (exact) mass is 268 g/mol. The van der Waals surface area contributed by atoms with Crippen LogP contribution in [0, 0.1) is 0 Å². The molecule has 2 rings (SSSR count). The molecule has 0 bridgehead atoms. The van der Waals surface area contributed by atoms with E-state index in [1.165, 1.54) is 58.0 Å². The Morgan fingerprint density at radius 2 is 2.16 bits per heavy atom. The third-order valence-electron chi connectivity index (χ3n) is 4.76. The van der Waals surface area contributed by atoms with E-state index in [0.717, 1.165) is 19.2 Å². The van der Waals surface area contributed by atoms with Gasteiger partial charge in [0.2, 0.25) is 0 Å². The Hall–Kier alpha value is -0.120. The highest BCUT2D eigenvalue weighted by atomic mass is 16.5. The number of ether oxygens (including phenoxy) is 1. The zero-order chi connectivity index (χ0) is 13.5. The summed E-state index contributed by atoms with van der Waals surface area (Å²) >= 11 is 0. The molecule has 0 amide bonds. The van der Waals surface area contributed by atoms with Gasteiger partial charge >= 0.3 is 0 Å². The smallest absolute Gasteiger partial charge is 0.0576 e. The molecule has 1 N–H and O–H groups in total. The van der Waals surface area contributed by atoms with E-state index in [1.807, 2.05) is 0 Å². The molecule has 0 aromatic heterocycles. The molecule has 0 radical (unpaired) electrons. The predicted molar refractivity (Wildman–Crippen MR) is 80.6 cm³/mol. The van der Waals surface area contributed by atoms with Crippen LogP contribution in [0.4, 0.5) is 0 Å². The van der Waals surface area contributed by atoms with E-state index in [4.69, 9.17) is 4.74 Å². The average Bonchev–Trinajstić information content (AvgIpc) is 2.93. The van der Waals surface area contributed by atoms with Gasteiger partial charge < -0.3 is 10.1 Å². The standard InChI is InChI=1S/C16H32N2O/c1-3-17-14(2)16-10-4-5-11-18(16)12-6-8-15-9-7-13-19-15/h14-17H,3-13H2,1-2H3. The highest BCUT2D eigenvalue weighted by Gasteiger charge is 2.26. The van der Waals surface area contributed by atoms with Crippen molar-refractivity contribution < 1.29 is 4.74 Å². The maximum absolute atomic E-state index is 5.72. The molecule has 0 saturated carbocycles. The van der Waals surface area contributed by atoms with E-state index in [0.29, 0.717) is 12.1 Å². The van der Waals surface area contributed by atoms with Gasteiger partial charge in [-0.1, -0.05) is 13.3 Å². The molecule has 3 unspecified atom stereocenters. The molecule has 2 saturated heterocycles. The van der Waals surface area contributed by atoms with E-state index in [9.17, 15) is 0 Å². The second-order valence-corrected chi connectivity index (χ2v) is 6.22. The second-order valence-electron chi connectivity index (χ2n) is 6.22. The Kier molecular flexibility index (Phi) is 6.62. The first-order valence-corrected chi connectivity index (χ1v) is 8.40. The fourth-order valence-corrected chi connectivity index (χ4v) is 3.71. The number of hydrogen-bond donors (Lipinski definition) is 1. The summed E-state index contributed by atoms with van der Waals surface area (Å²) in [6, 6.07) is 1.38. The van der Waals surface area contributed by atoms with Crippen LogP contribution in [0.25, 0.3) is 0 Å². The lowest BCUT2D eigenvalue weighted by Gasteiger charge is -2.39. The van der Waals surface area contributed by atoms with Crippen LogP contribution < -0.4 is 5.32 Å². The van der Waals surface area contributed by atoms with E-state index in [2.05, 4.69) is 24.1 Å². The van der Waals surface area contributed by atoms with Crippen LogP contribution in [0.2, 0.25) is 0 Å². The van der Waals surface area contributed by atoms with Gasteiger partial charge in [0.1, 0.15) is 0 Å². The third-order valence-corrected chi connectivity index (χ3v) is 4.76. The Morgan fingerprint density at radius 1 is 1.26 bits per heavy atom. The molecule has 0 spiro atoms. The summed E-state index contributed by atoms with van der Waals surface area (Å²) in [6.45, 7) is 9.20. The Bertz CT molecular complexity index is 241. The van der Waals surface area contributed by atoms with Crippen molar-refractivity contribution in [3.63, 3.8) is 0 Å². The van der Waals surface area contributed by atoms with Crippen molar-refractivity contribution in [3.05, 3.63) is 0 Å². The molecular formula is C16H32N2O. The van der Waals surface area contributed by atoms with E-state index in [1.54, 1.807) is 0 Å². The molecule has 3 heteroatoms. The van der Waals surface area contributed by atoms with Crippen molar-refractivity contribution in [2.45, 2.75) is 77.0 Å². The minimum Gasteiger partial charge on any atom is -0.378 e. The van der Waals surface area contributed by atoms with Gasteiger partial charge in [0.25, 0.3) is 0 Å². The summed E-state index contributed by atoms with van der Waals surface area (Å²) in [6.07, 6.45) is 9.85. The zero-order valence-electron chi connectivity index (χ0n) is 12.9. The van der Waals surface area contributed by atoms with Crippen LogP contribution in [0.1, 0.15) is 58.8 Å². The van der Waals surface area contributed by atoms with E-state index >= 15 is 0 Å². The van der Waals surface area contributed by atoms with Crippen molar-refractivity contribution in [3.8, 4) is 0 Å². The van der Waals surface area contributed by atoms with Gasteiger partial charge in [0.05, 0.1) is 6.10 Å². The SMILES string of the molecule is CCNC(C)C1CCCCN1CCCC1CCCO1. The number of piperidine rings is 1. The molecule has 0 aromatic carbocycles. The lowest BCUT2D eigenvalue weighted by molar-refractivity contribution is 0.0852. The van der Waals surface area contributed by atoms with Crippen molar-refractivity contribution in [2.24, 2.45) is 0 Å². The van der Waals surface area contributed by atoms with E-state index in [-0.39, 0.29) is 0 Å². The first kappa shape index (κ1) is 15.3. The Balaban J connectivity index is 1.71. The first-order chi connectivity index (χ1) is 9.31. The molecule has 3 atom stereocenters. The normalized spacial score (nSPS) is 30.6. The summed E-state index contributed by atoms with van der Waals surface area (Å²) in [5.41, 5.74) is 0. The van der Waals surface area contributed by atoms with Crippen LogP contribution in [-0.2, 0) is 4.74 Å². The van der Waals surface area contributed by atoms with Gasteiger partial charge in [-0.15, -0.1) is 0 Å². The van der Waals surface area contributed by atoms with Gasteiger partial charge in [-0.05, 0) is 65.1 Å². The number of likely N-dealkylation sites (tertiary alicyclic amines) is 1. The van der Waals surface area contributed by atoms with Crippen molar-refractivity contribution in [1.29, 1.82) is 0 Å². The van der Waals surface area contributed by atoms with Crippen LogP contribution in [0.15, 0.2) is 0 Å². The van der Waals surface area contributed by atoms with Gasteiger partial charge in [0, 0.05) is 18.7 Å². The van der Waals surface area contributed by atoms with E-state index < -0.39 is 0 Å². The summed E-state index contributed by atoms with van der Waals surface area (Å²) in [7, 11) is 0. The largest absolute Gasteiger partial charge is 0.378 e. The van der Waals surface area contributed by atoms with Crippen molar-refractivity contribution in [1.82, 2.24) is 10.2 Å². The molecule has 2 aliphatic heterocycles. The van der Waals surface area contributed by atoms with Crippen LogP contribution in [0.5, 0.6) is 0 Å². The molecule has 112 valence electrons. The van der Waals surface area contributed by atoms with Crippen LogP contribution in [-0.4, -0.2) is 49.3 Å². The molecule has 0 aromatic rings. The first-order valence-electron chi connectivity index (χ1n) is 8.40. The average molecular weight is 268 g/mol. The topological polar surface area (TPSA) is 24.5 Å². The molecule has 19 heavy (non-hydrogen) atoms. The lowest BCUT2D eigenvalue weighted by atomic mass is 9.96. The summed E-state index contributed by atoms with van der Waals surface area (Å²) < 4.78 is 5.72. The minimum absolute atomic E-state index is 0.564. The highest BCUT2D eigenvalue weighted by Crippen LogP contribution is 2.22. The van der Waals surface area contributed by atoms with Crippen molar-refractivity contribution >= 4 is 0 Å². The molecule has 0 aliphatic carbocycles. The Morgan fingerprint density at radius 3 is 2.89 bits per heavy atom. The second kappa shape index (κ2) is 8.23. The molecule has 3 nitrogen and oxygen atoms in total. The van der Waals surface area contributed by atoms with Gasteiger partial charge in [-0.2, -0.15) is 0 Å². The quantitative estimate of drug-likeness (QED) is 0.768. The van der Waals surface area contributed by atoms with Crippen LogP contribution in [0.3, 0.4) is 0 Å². The molecule has 2 aliphatic rings. The fourth-order valence-electron chi connectivity index (χ4n) is 3.71. The lowest BCUT2D eigenvalue weighted by Crippen LogP contribution is -2.51. The minimum atomic E-state index is 0.564. The summed E-state index contributed by atoms with van der Waals surface area (Å²) in [5, 5.41) is 3.61. The molecule has 2 heterocycles.